The van der Waals surface area contributed by atoms with Gasteiger partial charge in [0, 0.05) is 18.8 Å². The molecule has 4 nitrogen and oxygen atoms in total. The number of aliphatic hydroxyl groups is 2. The Kier molecular flexibility index (Phi) is 2.35. The second kappa shape index (κ2) is 3.49. The lowest BCUT2D eigenvalue weighted by molar-refractivity contribution is -0.0442. The monoisotopic (exact) mass is 183 g/mol. The Bertz CT molecular complexity index is 260. The zero-order valence-electron chi connectivity index (χ0n) is 7.21. The molecule has 1 aromatic heterocycles. The van der Waals surface area contributed by atoms with Crippen molar-refractivity contribution in [3.63, 3.8) is 0 Å². The molecule has 2 N–H and O–H groups in total. The van der Waals surface area contributed by atoms with Crippen LogP contribution in [0, 0.1) is 0 Å². The van der Waals surface area contributed by atoms with Crippen molar-refractivity contribution in [2.75, 3.05) is 6.61 Å². The molecule has 1 fully saturated rings. The Balaban J connectivity index is 2.05. The van der Waals surface area contributed by atoms with Crippen LogP contribution in [0.1, 0.15) is 12.6 Å². The van der Waals surface area contributed by atoms with Crippen LogP contribution in [0.5, 0.6) is 0 Å². The molecule has 0 bridgehead atoms. The number of aromatic nitrogens is 1. The smallest absolute Gasteiger partial charge is 0.136 e. The van der Waals surface area contributed by atoms with E-state index < -0.39 is 12.2 Å². The van der Waals surface area contributed by atoms with Crippen LogP contribution >= 0.6 is 0 Å². The Hall–Kier alpha value is -0.840. The first-order valence-corrected chi connectivity index (χ1v) is 4.38. The molecule has 0 aliphatic carbocycles. The molecule has 2 rings (SSSR count). The molecule has 1 saturated heterocycles. The van der Waals surface area contributed by atoms with Crippen molar-refractivity contribution in [3.05, 3.63) is 24.5 Å². The first-order valence-electron chi connectivity index (χ1n) is 4.38. The van der Waals surface area contributed by atoms with Gasteiger partial charge in [-0.3, -0.25) is 0 Å². The van der Waals surface area contributed by atoms with Gasteiger partial charge in [0.05, 0.1) is 12.7 Å². The van der Waals surface area contributed by atoms with Gasteiger partial charge in [0.15, 0.2) is 0 Å². The van der Waals surface area contributed by atoms with Crippen molar-refractivity contribution in [1.82, 2.24) is 4.57 Å². The Morgan fingerprint density at radius 1 is 1.38 bits per heavy atom. The van der Waals surface area contributed by atoms with Gasteiger partial charge >= 0.3 is 0 Å². The molecule has 0 spiro atoms. The summed E-state index contributed by atoms with van der Waals surface area (Å²) in [5.74, 6) is 0. The van der Waals surface area contributed by atoms with Crippen molar-refractivity contribution in [2.45, 2.75) is 24.9 Å². The molecule has 0 amide bonds. The summed E-state index contributed by atoms with van der Waals surface area (Å²) in [5.41, 5.74) is 0. The molecule has 72 valence electrons. The molecule has 0 aromatic carbocycles. The van der Waals surface area contributed by atoms with E-state index in [1.807, 2.05) is 29.1 Å². The van der Waals surface area contributed by atoms with Crippen molar-refractivity contribution in [3.8, 4) is 0 Å². The maximum atomic E-state index is 9.46. The number of nitrogens with zero attached hydrogens (tertiary/aromatic N) is 1. The number of hydrogen-bond acceptors (Lipinski definition) is 3. The highest BCUT2D eigenvalue weighted by Crippen LogP contribution is 2.28. The average Bonchev–Trinajstić information content (AvgIpc) is 2.71. The lowest BCUT2D eigenvalue weighted by Gasteiger charge is -2.12. The highest BCUT2D eigenvalue weighted by molar-refractivity contribution is 4.94. The fraction of sp³-hybridized carbons (Fsp3) is 0.556. The van der Waals surface area contributed by atoms with E-state index in [9.17, 15) is 5.11 Å². The summed E-state index contributed by atoms with van der Waals surface area (Å²) >= 11 is 0. The molecular weight excluding hydrogens is 170 g/mol. The first-order chi connectivity index (χ1) is 6.31. The molecular formula is C9H13NO3. The third-order valence-electron chi connectivity index (χ3n) is 2.34. The predicted octanol–water partition coefficient (Wildman–Crippen LogP) is 0.129. The molecule has 1 aromatic rings. The van der Waals surface area contributed by atoms with Crippen molar-refractivity contribution in [2.24, 2.45) is 0 Å². The summed E-state index contributed by atoms with van der Waals surface area (Å²) in [6.45, 7) is -0.126. The zero-order valence-corrected chi connectivity index (χ0v) is 7.21. The molecule has 0 radical (unpaired) electrons. The average molecular weight is 183 g/mol. The van der Waals surface area contributed by atoms with E-state index in [-0.39, 0.29) is 12.8 Å². The van der Waals surface area contributed by atoms with Crippen LogP contribution in [0.25, 0.3) is 0 Å². The van der Waals surface area contributed by atoms with E-state index in [4.69, 9.17) is 9.84 Å². The highest BCUT2D eigenvalue weighted by Gasteiger charge is 2.33. The number of aliphatic hydroxyl groups excluding tert-OH is 2. The van der Waals surface area contributed by atoms with E-state index in [2.05, 4.69) is 0 Å². The van der Waals surface area contributed by atoms with Crippen molar-refractivity contribution >= 4 is 0 Å². The SMILES string of the molecule is OC[C@H]1O[C@@H](n2cccc2)C[C@@H]1O. The van der Waals surface area contributed by atoms with E-state index in [0.29, 0.717) is 6.42 Å². The maximum absolute atomic E-state index is 9.46. The van der Waals surface area contributed by atoms with Crippen LogP contribution in [-0.2, 0) is 4.74 Å². The molecule has 4 heteroatoms. The quantitative estimate of drug-likeness (QED) is 0.685. The van der Waals surface area contributed by atoms with Crippen molar-refractivity contribution < 1.29 is 14.9 Å². The standard InChI is InChI=1S/C9H13NO3/c11-6-8-7(12)5-9(13-8)10-3-1-2-4-10/h1-4,7-9,11-12H,5-6H2/t7-,8+,9+/m0/s1. The van der Waals surface area contributed by atoms with E-state index in [1.165, 1.54) is 0 Å². The molecule has 0 unspecified atom stereocenters. The molecule has 3 atom stereocenters. The lowest BCUT2D eigenvalue weighted by Crippen LogP contribution is -2.24. The number of rotatable bonds is 2. The molecule has 1 aliphatic rings. The summed E-state index contributed by atoms with van der Waals surface area (Å²) in [6.07, 6.45) is 3.18. The zero-order chi connectivity index (χ0) is 9.26. The van der Waals surface area contributed by atoms with Gasteiger partial charge in [0.25, 0.3) is 0 Å². The second-order valence-corrected chi connectivity index (χ2v) is 3.25. The summed E-state index contributed by atoms with van der Waals surface area (Å²) in [4.78, 5) is 0. The summed E-state index contributed by atoms with van der Waals surface area (Å²) in [5, 5.41) is 18.3. The largest absolute Gasteiger partial charge is 0.394 e. The Morgan fingerprint density at radius 2 is 2.08 bits per heavy atom. The third-order valence-corrected chi connectivity index (χ3v) is 2.34. The van der Waals surface area contributed by atoms with Crippen LogP contribution in [0.4, 0.5) is 0 Å². The normalized spacial score (nSPS) is 33.8. The molecule has 13 heavy (non-hydrogen) atoms. The maximum Gasteiger partial charge on any atom is 0.136 e. The van der Waals surface area contributed by atoms with Gasteiger partial charge in [-0.25, -0.2) is 0 Å². The molecule has 0 saturated carbocycles. The van der Waals surface area contributed by atoms with Crippen molar-refractivity contribution in [1.29, 1.82) is 0 Å². The van der Waals surface area contributed by atoms with Crippen LogP contribution in [0.15, 0.2) is 24.5 Å². The summed E-state index contributed by atoms with van der Waals surface area (Å²) in [6, 6.07) is 3.81. The van der Waals surface area contributed by atoms with Gasteiger partial charge < -0.3 is 19.5 Å². The van der Waals surface area contributed by atoms with E-state index in [0.717, 1.165) is 0 Å². The Labute approximate surface area is 76.4 Å². The minimum Gasteiger partial charge on any atom is -0.394 e. The highest BCUT2D eigenvalue weighted by atomic mass is 16.5. The van der Waals surface area contributed by atoms with Gasteiger partial charge in [-0.05, 0) is 12.1 Å². The minimum absolute atomic E-state index is 0.126. The summed E-state index contributed by atoms with van der Waals surface area (Å²) in [7, 11) is 0. The van der Waals surface area contributed by atoms with Gasteiger partial charge in [0.2, 0.25) is 0 Å². The van der Waals surface area contributed by atoms with Gasteiger partial charge in [-0.15, -0.1) is 0 Å². The third kappa shape index (κ3) is 1.60. The Morgan fingerprint density at radius 3 is 2.62 bits per heavy atom. The van der Waals surface area contributed by atoms with Gasteiger partial charge in [0.1, 0.15) is 12.3 Å². The predicted molar refractivity (Wildman–Crippen MR) is 46.1 cm³/mol. The van der Waals surface area contributed by atoms with Gasteiger partial charge in [-0.1, -0.05) is 0 Å². The van der Waals surface area contributed by atoms with Gasteiger partial charge in [-0.2, -0.15) is 0 Å². The van der Waals surface area contributed by atoms with E-state index in [1.54, 1.807) is 0 Å². The molecule has 1 aliphatic heterocycles. The number of hydrogen-bond donors (Lipinski definition) is 2. The second-order valence-electron chi connectivity index (χ2n) is 3.25. The lowest BCUT2D eigenvalue weighted by atomic mass is 10.2. The minimum atomic E-state index is -0.558. The fourth-order valence-corrected chi connectivity index (χ4v) is 1.60. The van der Waals surface area contributed by atoms with Crippen LogP contribution in [-0.4, -0.2) is 33.6 Å². The van der Waals surface area contributed by atoms with Crippen LogP contribution in [0.3, 0.4) is 0 Å². The van der Waals surface area contributed by atoms with Crippen LogP contribution < -0.4 is 0 Å². The topological polar surface area (TPSA) is 54.6 Å². The summed E-state index contributed by atoms with van der Waals surface area (Å²) < 4.78 is 7.32. The number of ether oxygens (including phenoxy) is 1. The fourth-order valence-electron chi connectivity index (χ4n) is 1.60. The van der Waals surface area contributed by atoms with E-state index >= 15 is 0 Å². The first kappa shape index (κ1) is 8.74. The van der Waals surface area contributed by atoms with Crippen LogP contribution in [0.2, 0.25) is 0 Å². The molecule has 2 heterocycles.